The fraction of sp³-hybridized carbons (Fsp3) is 0.750. The van der Waals surface area contributed by atoms with Crippen molar-refractivity contribution in [2.24, 2.45) is 17.8 Å². The van der Waals surface area contributed by atoms with E-state index >= 15 is 0 Å². The Kier molecular flexibility index (Phi) is 6.19. The Bertz CT molecular complexity index is 731. The van der Waals surface area contributed by atoms with Crippen LogP contribution in [0.4, 0.5) is 4.79 Å². The summed E-state index contributed by atoms with van der Waals surface area (Å²) in [7, 11) is 0. The predicted molar refractivity (Wildman–Crippen MR) is 106 cm³/mol. The zero-order valence-corrected chi connectivity index (χ0v) is 17.9. The van der Waals surface area contributed by atoms with E-state index in [1.165, 1.54) is 11.8 Å². The molecule has 0 aromatic heterocycles. The summed E-state index contributed by atoms with van der Waals surface area (Å²) in [6, 6.07) is -1.14. The van der Waals surface area contributed by atoms with E-state index in [0.29, 0.717) is 19.3 Å². The zero-order chi connectivity index (χ0) is 21.5. The number of likely N-dealkylation sites (tertiary alicyclic amines) is 2. The molecule has 3 aliphatic rings. The van der Waals surface area contributed by atoms with Crippen LogP contribution in [0.25, 0.3) is 0 Å². The summed E-state index contributed by atoms with van der Waals surface area (Å²) in [5, 5.41) is 9.89. The summed E-state index contributed by atoms with van der Waals surface area (Å²) in [6.07, 6.45) is 2.28. The van der Waals surface area contributed by atoms with Crippen molar-refractivity contribution in [2.75, 3.05) is 12.3 Å². The average Bonchev–Trinajstić information content (AvgIpc) is 3.14. The van der Waals surface area contributed by atoms with Gasteiger partial charge in [0.25, 0.3) is 0 Å². The number of carbonyl (C=O) groups is 5. The number of fused-ring (bicyclic) bond motifs is 1. The quantitative estimate of drug-likeness (QED) is 0.543. The monoisotopic (exact) mass is 425 g/mol. The zero-order valence-electron chi connectivity index (χ0n) is 17.1. The fourth-order valence-corrected chi connectivity index (χ4v) is 5.90. The van der Waals surface area contributed by atoms with E-state index in [1.54, 1.807) is 13.8 Å². The van der Waals surface area contributed by atoms with Crippen LogP contribution in [0.3, 0.4) is 0 Å². The Morgan fingerprint density at radius 3 is 2.21 bits per heavy atom. The molecule has 29 heavy (non-hydrogen) atoms. The molecule has 2 aliphatic heterocycles. The van der Waals surface area contributed by atoms with Crippen molar-refractivity contribution in [1.29, 1.82) is 0 Å². The van der Waals surface area contributed by atoms with Gasteiger partial charge >= 0.3 is 12.0 Å². The minimum absolute atomic E-state index is 0.0959. The van der Waals surface area contributed by atoms with Gasteiger partial charge in [0.05, 0.1) is 23.8 Å². The average molecular weight is 426 g/mol. The van der Waals surface area contributed by atoms with Gasteiger partial charge < -0.3 is 5.11 Å². The molecule has 6 atom stereocenters. The molecule has 1 aliphatic carbocycles. The molecule has 4 amide bonds. The van der Waals surface area contributed by atoms with Gasteiger partial charge in [-0.3, -0.25) is 19.3 Å². The van der Waals surface area contributed by atoms with Crippen LogP contribution in [0.2, 0.25) is 0 Å². The van der Waals surface area contributed by atoms with E-state index in [4.69, 9.17) is 0 Å². The Labute approximate surface area is 174 Å². The van der Waals surface area contributed by atoms with Crippen molar-refractivity contribution >= 4 is 40.7 Å². The van der Waals surface area contributed by atoms with Crippen LogP contribution in [0.1, 0.15) is 52.9 Å². The lowest BCUT2D eigenvalue weighted by atomic mass is 9.81. The van der Waals surface area contributed by atoms with Crippen LogP contribution in [0.15, 0.2) is 0 Å². The molecular formula is C20H29N2O6S+. The Morgan fingerprint density at radius 2 is 1.72 bits per heavy atom. The summed E-state index contributed by atoms with van der Waals surface area (Å²) in [4.78, 5) is 63.8. The lowest BCUT2D eigenvalue weighted by Gasteiger charge is -2.32. The van der Waals surface area contributed by atoms with Gasteiger partial charge in [0.15, 0.2) is 5.12 Å². The van der Waals surface area contributed by atoms with Gasteiger partial charge in [0.2, 0.25) is 11.8 Å². The third-order valence-electron chi connectivity index (χ3n) is 6.80. The van der Waals surface area contributed by atoms with E-state index in [2.05, 4.69) is 0 Å². The maximum absolute atomic E-state index is 13.2. The number of amides is 4. The van der Waals surface area contributed by atoms with Gasteiger partial charge in [-0.2, -0.15) is 9.28 Å². The van der Waals surface area contributed by atoms with Gasteiger partial charge in [0, 0.05) is 19.1 Å². The second-order valence-electron chi connectivity index (χ2n) is 8.66. The number of thioether (sulfide) groups is 1. The molecule has 3 unspecified atom stereocenters. The molecule has 0 aromatic rings. The molecule has 0 radical (unpaired) electrons. The van der Waals surface area contributed by atoms with E-state index < -0.39 is 34.5 Å². The summed E-state index contributed by atoms with van der Waals surface area (Å²) in [5.41, 5.74) is 0. The van der Waals surface area contributed by atoms with Gasteiger partial charge in [-0.05, 0) is 26.7 Å². The Hall–Kier alpha value is -1.74. The molecule has 1 saturated carbocycles. The van der Waals surface area contributed by atoms with Crippen molar-refractivity contribution in [3.63, 3.8) is 0 Å². The first kappa shape index (κ1) is 22.0. The lowest BCUT2D eigenvalue weighted by molar-refractivity contribution is -0.794. The molecule has 9 heteroatoms. The molecule has 0 spiro atoms. The normalized spacial score (nSPS) is 35.5. The third kappa shape index (κ3) is 3.63. The van der Waals surface area contributed by atoms with E-state index in [0.717, 1.165) is 24.6 Å². The van der Waals surface area contributed by atoms with Crippen LogP contribution < -0.4 is 0 Å². The molecule has 3 rings (SSSR count). The van der Waals surface area contributed by atoms with Gasteiger partial charge in [-0.15, -0.1) is 0 Å². The molecule has 2 heterocycles. The van der Waals surface area contributed by atoms with Gasteiger partial charge in [-0.1, -0.05) is 24.6 Å². The number of hydrogen-bond donors (Lipinski definition) is 1. The predicted octanol–water partition coefficient (Wildman–Crippen LogP) is 2.26. The smallest absolute Gasteiger partial charge is 0.435 e. The van der Waals surface area contributed by atoms with Gasteiger partial charge in [-0.25, -0.2) is 4.79 Å². The van der Waals surface area contributed by atoms with Crippen molar-refractivity contribution in [2.45, 2.75) is 65.0 Å². The summed E-state index contributed by atoms with van der Waals surface area (Å²) >= 11 is 0.997. The number of imide groups is 2. The topological polar surface area (TPSA) is 109 Å². The highest BCUT2D eigenvalue weighted by molar-refractivity contribution is 8.13. The van der Waals surface area contributed by atoms with E-state index in [-0.39, 0.29) is 41.1 Å². The largest absolute Gasteiger partial charge is 0.521 e. The maximum atomic E-state index is 13.2. The molecule has 0 aromatic carbocycles. The van der Waals surface area contributed by atoms with Crippen LogP contribution in [0, 0.1) is 17.8 Å². The molecule has 2 saturated heterocycles. The molecule has 0 bridgehead atoms. The highest BCUT2D eigenvalue weighted by atomic mass is 32.2. The van der Waals surface area contributed by atoms with Crippen molar-refractivity contribution < 1.29 is 33.6 Å². The first-order valence-electron chi connectivity index (χ1n) is 10.3. The summed E-state index contributed by atoms with van der Waals surface area (Å²) in [5.74, 6) is -1.87. The molecule has 1 N–H and O–H groups in total. The molecular weight excluding hydrogens is 396 g/mol. The van der Waals surface area contributed by atoms with Crippen LogP contribution in [0.5, 0.6) is 0 Å². The van der Waals surface area contributed by atoms with Crippen LogP contribution in [-0.4, -0.2) is 67.8 Å². The van der Waals surface area contributed by atoms with E-state index in [1.807, 2.05) is 0 Å². The van der Waals surface area contributed by atoms with Crippen molar-refractivity contribution in [3.8, 4) is 0 Å². The standard InChI is InChI=1S/C20H28N2O6S/c1-11(10-29-13(3)23)19(26)22(20(27)28)9-14(8-12(22)2)21-17(24)15-6-4-5-7-16(15)18(21)25/h11-12,14-16H,4-10H2,1-3H3/p+1/t11?,12-,14+,15?,16?,22+/m1/s1. The van der Waals surface area contributed by atoms with E-state index in [9.17, 15) is 29.1 Å². The first-order chi connectivity index (χ1) is 13.6. The van der Waals surface area contributed by atoms with Crippen molar-refractivity contribution in [3.05, 3.63) is 0 Å². The Balaban J connectivity index is 1.84. The maximum Gasteiger partial charge on any atom is 0.521 e. The van der Waals surface area contributed by atoms with Crippen LogP contribution in [-0.2, 0) is 19.2 Å². The van der Waals surface area contributed by atoms with Crippen molar-refractivity contribution in [1.82, 2.24) is 4.90 Å². The minimum Gasteiger partial charge on any atom is -0.435 e. The lowest BCUT2D eigenvalue weighted by Crippen LogP contribution is -2.61. The molecule has 3 fully saturated rings. The number of quaternary nitrogens is 1. The van der Waals surface area contributed by atoms with Crippen LogP contribution >= 0.6 is 11.8 Å². The SMILES string of the molecule is CC(=O)SCC(C)C(=O)[N@+]1(C(=O)O)C[C@@H](N2C(=O)C3CCCCC3C2=O)C[C@H]1C. The number of carbonyl (C=O) groups excluding carboxylic acids is 4. The third-order valence-corrected chi connectivity index (χ3v) is 7.87. The second-order valence-corrected chi connectivity index (χ2v) is 9.86. The fourth-order valence-electron chi connectivity index (χ4n) is 5.27. The first-order valence-corrected chi connectivity index (χ1v) is 11.3. The summed E-state index contributed by atoms with van der Waals surface area (Å²) < 4.78 is -0.795. The van der Waals surface area contributed by atoms with Gasteiger partial charge in [0.1, 0.15) is 12.6 Å². The minimum atomic E-state index is -1.26. The molecule has 160 valence electrons. The highest BCUT2D eigenvalue weighted by Gasteiger charge is 2.62. The Morgan fingerprint density at radius 1 is 1.17 bits per heavy atom. The number of nitrogens with zero attached hydrogens (tertiary/aromatic N) is 2. The number of rotatable bonds is 4. The summed E-state index contributed by atoms with van der Waals surface area (Å²) in [6.45, 7) is 4.63. The molecule has 8 nitrogen and oxygen atoms in total. The highest BCUT2D eigenvalue weighted by Crippen LogP contribution is 2.42. The second kappa shape index (κ2) is 8.18. The number of hydrogen-bond acceptors (Lipinski definition) is 6. The number of carboxylic acid groups (broad SMARTS) is 1.